The van der Waals surface area contributed by atoms with Crippen LogP contribution < -0.4 is 0 Å². The van der Waals surface area contributed by atoms with Gasteiger partial charge >= 0.3 is 37.9 Å². The van der Waals surface area contributed by atoms with Crippen molar-refractivity contribution < 1.29 is 20.8 Å². The zero-order valence-corrected chi connectivity index (χ0v) is 31.2. The van der Waals surface area contributed by atoms with Crippen LogP contribution in [0.4, 0.5) is 0 Å². The molecule has 0 atom stereocenters. The first-order chi connectivity index (χ1) is 21.6. The maximum Gasteiger partial charge on any atom is -0.0809 e. The van der Waals surface area contributed by atoms with E-state index in [1.54, 1.807) is 0 Å². The Morgan fingerprint density at radius 3 is 2.05 bits per heavy atom. The fraction of sp³-hybridized carbons (Fsp3) is 0.250. The number of rotatable bonds is 3. The molecule has 2 radical (unpaired) electrons. The van der Waals surface area contributed by atoms with Crippen LogP contribution >= 0.6 is 17.0 Å². The first-order valence-corrected chi connectivity index (χ1v) is 23.8. The van der Waals surface area contributed by atoms with E-state index in [-0.39, 0.29) is 0 Å². The number of halogens is 2. The van der Waals surface area contributed by atoms with Gasteiger partial charge in [-0.1, -0.05) is 81.2 Å². The largest absolute Gasteiger partial charge is 0.184 e. The Morgan fingerprint density at radius 1 is 0.795 bits per heavy atom. The minimum Gasteiger partial charge on any atom is -0.184 e. The van der Waals surface area contributed by atoms with Crippen LogP contribution in [0.3, 0.4) is 0 Å². The molecule has 1 fully saturated rings. The summed E-state index contributed by atoms with van der Waals surface area (Å²) in [5, 5.41) is 5.43. The van der Waals surface area contributed by atoms with Crippen molar-refractivity contribution in [3.05, 3.63) is 145 Å². The van der Waals surface area contributed by atoms with Gasteiger partial charge in [-0.25, -0.2) is 0 Å². The van der Waals surface area contributed by atoms with Crippen LogP contribution in [0, 0.1) is 6.07 Å². The molecule has 1 saturated carbocycles. The molecule has 44 heavy (non-hydrogen) atoms. The zero-order valence-electron chi connectivity index (χ0n) is 26.2. The molecule has 0 heterocycles. The Morgan fingerprint density at radius 2 is 1.45 bits per heavy atom. The Bertz CT molecular complexity index is 1510. The van der Waals surface area contributed by atoms with Gasteiger partial charge < -0.3 is 0 Å². The third-order valence-electron chi connectivity index (χ3n) is 7.67. The monoisotopic (exact) mass is 711 g/mol. The van der Waals surface area contributed by atoms with Crippen LogP contribution in [0.2, 0.25) is 13.1 Å². The van der Waals surface area contributed by atoms with E-state index in [1.165, 1.54) is 75.9 Å². The second kappa shape index (κ2) is 21.5. The molecule has 4 heteroatoms. The fourth-order valence-corrected chi connectivity index (χ4v) is 5.54. The number of benzene rings is 4. The van der Waals surface area contributed by atoms with Gasteiger partial charge in [0.05, 0.1) is 0 Å². The van der Waals surface area contributed by atoms with Gasteiger partial charge in [0, 0.05) is 9.52 Å². The van der Waals surface area contributed by atoms with Crippen LogP contribution in [0.1, 0.15) is 56.1 Å². The molecule has 0 nitrogen and oxygen atoms in total. The molecule has 0 N–H and O–H groups in total. The predicted octanol–water partition coefficient (Wildman–Crippen LogP) is 13.0. The van der Waals surface area contributed by atoms with Crippen LogP contribution in [-0.4, -0.2) is 9.52 Å². The van der Waals surface area contributed by atoms with Crippen molar-refractivity contribution in [3.8, 4) is 11.1 Å². The predicted molar refractivity (Wildman–Crippen MR) is 194 cm³/mol. The van der Waals surface area contributed by atoms with E-state index in [1.807, 2.05) is 30.3 Å². The quantitative estimate of drug-likeness (QED) is 0.127. The molecule has 0 aliphatic heterocycles. The van der Waals surface area contributed by atoms with E-state index in [2.05, 4.69) is 123 Å². The van der Waals surface area contributed by atoms with Gasteiger partial charge in [0.15, 0.2) is 0 Å². The van der Waals surface area contributed by atoms with Crippen LogP contribution in [0.15, 0.2) is 127 Å². The molecular formula is C40H43Cl2SiZr-3. The first-order valence-electron chi connectivity index (χ1n) is 15.5. The maximum atomic E-state index is 4.93. The summed E-state index contributed by atoms with van der Waals surface area (Å²) in [6.45, 7) is 6.53. The average molecular weight is 714 g/mol. The summed E-state index contributed by atoms with van der Waals surface area (Å²) in [6.07, 6.45) is 8.08. The van der Waals surface area contributed by atoms with Crippen LogP contribution in [0.25, 0.3) is 32.7 Å². The number of fused-ring (bicyclic) bond motifs is 2. The first kappa shape index (κ1) is 36.3. The number of hydrogen-bond acceptors (Lipinski definition) is 0. The van der Waals surface area contributed by atoms with Gasteiger partial charge in [0.2, 0.25) is 0 Å². The third kappa shape index (κ3) is 11.9. The minimum absolute atomic E-state index is 0.791. The molecular weight excluding hydrogens is 671 g/mol. The normalized spacial score (nSPS) is 12.3. The zero-order chi connectivity index (χ0) is 31.4. The van der Waals surface area contributed by atoms with Gasteiger partial charge in [0.25, 0.3) is 0 Å². The van der Waals surface area contributed by atoms with Crippen molar-refractivity contribution in [1.29, 1.82) is 0 Å². The summed E-state index contributed by atoms with van der Waals surface area (Å²) in [7, 11) is 11.0. The molecule has 6 aromatic rings. The van der Waals surface area contributed by atoms with Gasteiger partial charge in [-0.3, -0.25) is 0 Å². The van der Waals surface area contributed by atoms with Gasteiger partial charge in [-0.05, 0) is 36.3 Å². The second-order valence-corrected chi connectivity index (χ2v) is 15.5. The summed E-state index contributed by atoms with van der Waals surface area (Å²) in [6, 6.07) is 47.9. The van der Waals surface area contributed by atoms with Crippen molar-refractivity contribution in [1.82, 2.24) is 0 Å². The Hall–Kier alpha value is -2.22. The molecule has 228 valence electrons. The number of aryl methyl sites for hydroxylation is 1. The summed E-state index contributed by atoms with van der Waals surface area (Å²) in [5.74, 6) is 0.791. The van der Waals surface area contributed by atoms with E-state index < -0.39 is 20.8 Å². The van der Waals surface area contributed by atoms with E-state index in [0.29, 0.717) is 0 Å². The molecule has 0 aromatic heterocycles. The molecule has 1 aliphatic carbocycles. The second-order valence-electron chi connectivity index (χ2n) is 10.8. The maximum absolute atomic E-state index is 4.93. The molecule has 0 unspecified atom stereocenters. The molecule has 7 rings (SSSR count). The molecule has 0 saturated heterocycles. The SMILES string of the molecule is CCc1cc2c(-c3ccc(C4CCCCC4)cc3)cccc2[cH-]1.C[Si]C.[Cl][Zr][Cl].[c-]1ccccc1.c1ccc2[cH-]ccc2c1. The van der Waals surface area contributed by atoms with Crippen molar-refractivity contribution in [2.75, 3.05) is 0 Å². The smallest absolute Gasteiger partial charge is 0.0809 e. The topological polar surface area (TPSA) is 0 Å². The fourth-order valence-electron chi connectivity index (χ4n) is 5.54. The van der Waals surface area contributed by atoms with Gasteiger partial charge in [0.1, 0.15) is 0 Å². The van der Waals surface area contributed by atoms with Gasteiger partial charge in [-0.15, -0.1) is 64.2 Å². The van der Waals surface area contributed by atoms with E-state index in [9.17, 15) is 0 Å². The average Bonchev–Trinajstić information content (AvgIpc) is 3.75. The van der Waals surface area contributed by atoms with Gasteiger partial charge in [-0.2, -0.15) is 60.0 Å². The summed E-state index contributed by atoms with van der Waals surface area (Å²) in [4.78, 5) is 0. The van der Waals surface area contributed by atoms with Crippen molar-refractivity contribution in [2.24, 2.45) is 0 Å². The summed E-state index contributed by atoms with van der Waals surface area (Å²) < 4.78 is 0. The minimum atomic E-state index is -0.826. The van der Waals surface area contributed by atoms with E-state index in [0.717, 1.165) is 21.9 Å². The number of hydrogen-bond donors (Lipinski definition) is 0. The van der Waals surface area contributed by atoms with E-state index >= 15 is 0 Å². The Kier molecular flexibility index (Phi) is 17.7. The van der Waals surface area contributed by atoms with E-state index in [4.69, 9.17) is 17.0 Å². The molecule has 0 bridgehead atoms. The summed E-state index contributed by atoms with van der Waals surface area (Å²) in [5.41, 5.74) is 5.70. The summed E-state index contributed by atoms with van der Waals surface area (Å²) >= 11 is -0.826. The van der Waals surface area contributed by atoms with Crippen molar-refractivity contribution in [2.45, 2.75) is 64.5 Å². The van der Waals surface area contributed by atoms with Crippen molar-refractivity contribution in [3.63, 3.8) is 0 Å². The molecule has 6 aromatic carbocycles. The Labute approximate surface area is 287 Å². The molecule has 0 amide bonds. The Balaban J connectivity index is 0.000000205. The standard InChI is InChI=1S/C23H25.C9H7.C6H5.C2H6Si.2ClH.Zr/c1-2-17-15-21-9-6-10-22(23(21)16-17)20-13-11-19(12-14-20)18-7-4-3-5-8-18;1-2-5-9-7-3-6-8(9)4-1;1-2-4-6-5-3-1;1-3-2;;;/h6,9-16,18H,2-5,7-8H2,1H3;1-7H;1-5H;1-2H3;2*1H;/q3*-1;;;;+2/p-2. The third-order valence-corrected chi connectivity index (χ3v) is 7.67. The van der Waals surface area contributed by atoms with Crippen molar-refractivity contribution >= 4 is 48.1 Å². The molecule has 1 aliphatic rings. The van der Waals surface area contributed by atoms with Crippen LogP contribution in [-0.2, 0) is 27.3 Å². The van der Waals surface area contributed by atoms with Crippen LogP contribution in [0.5, 0.6) is 0 Å². The molecule has 0 spiro atoms.